The number of nitrogens with one attached hydrogen (secondary N) is 1. The lowest BCUT2D eigenvalue weighted by molar-refractivity contribution is 0.111. The molecule has 4 heteroatoms. The van der Waals surface area contributed by atoms with Crippen molar-refractivity contribution in [1.82, 2.24) is 14.9 Å². The van der Waals surface area contributed by atoms with Gasteiger partial charge in [0.2, 0.25) is 0 Å². The summed E-state index contributed by atoms with van der Waals surface area (Å²) in [6.07, 6.45) is 6.14. The van der Waals surface area contributed by atoms with E-state index in [1.54, 1.807) is 0 Å². The van der Waals surface area contributed by atoms with E-state index in [0.717, 1.165) is 24.9 Å². The minimum atomic E-state index is 0.432. The van der Waals surface area contributed by atoms with Gasteiger partial charge in [0.05, 0.1) is 5.69 Å². The van der Waals surface area contributed by atoms with E-state index in [4.69, 9.17) is 0 Å². The Labute approximate surface area is 83.3 Å². The maximum atomic E-state index is 10.4. The van der Waals surface area contributed by atoms with Crippen LogP contribution in [0, 0.1) is 0 Å². The molecule has 0 amide bonds. The fourth-order valence-electron chi connectivity index (χ4n) is 1.84. The number of hydrogen-bond donors (Lipinski definition) is 1. The molecular weight excluding hydrogens is 178 g/mol. The van der Waals surface area contributed by atoms with E-state index in [9.17, 15) is 4.79 Å². The third-order valence-corrected chi connectivity index (χ3v) is 2.65. The van der Waals surface area contributed by atoms with Gasteiger partial charge >= 0.3 is 0 Å². The third kappa shape index (κ3) is 2.20. The van der Waals surface area contributed by atoms with E-state index in [2.05, 4.69) is 14.9 Å². The molecule has 0 spiro atoms. The number of H-pyrrole nitrogens is 1. The van der Waals surface area contributed by atoms with E-state index >= 15 is 0 Å². The molecule has 0 aromatic carbocycles. The maximum Gasteiger partial charge on any atom is 0.185 e. The van der Waals surface area contributed by atoms with Gasteiger partial charge in [-0.05, 0) is 25.9 Å². The topological polar surface area (TPSA) is 49.0 Å². The maximum absolute atomic E-state index is 10.4. The highest BCUT2D eigenvalue weighted by Gasteiger charge is 2.11. The molecule has 0 aliphatic carbocycles. The SMILES string of the molecule is O=Cc1nc(CCN2CCCC2)c[nH]1. The van der Waals surface area contributed by atoms with Crippen LogP contribution in [0.15, 0.2) is 6.20 Å². The highest BCUT2D eigenvalue weighted by Crippen LogP contribution is 2.08. The van der Waals surface area contributed by atoms with Gasteiger partial charge in [-0.3, -0.25) is 4.79 Å². The molecule has 1 aliphatic heterocycles. The van der Waals surface area contributed by atoms with Crippen LogP contribution in [-0.2, 0) is 6.42 Å². The number of imidazole rings is 1. The molecule has 76 valence electrons. The molecule has 1 aromatic heterocycles. The van der Waals surface area contributed by atoms with Crippen molar-refractivity contribution in [2.75, 3.05) is 19.6 Å². The fraction of sp³-hybridized carbons (Fsp3) is 0.600. The van der Waals surface area contributed by atoms with E-state index in [1.165, 1.54) is 25.9 Å². The molecule has 0 radical (unpaired) electrons. The summed E-state index contributed by atoms with van der Waals surface area (Å²) in [6.45, 7) is 3.49. The number of hydrogen-bond acceptors (Lipinski definition) is 3. The van der Waals surface area contributed by atoms with Gasteiger partial charge in [0, 0.05) is 19.2 Å². The van der Waals surface area contributed by atoms with Crippen molar-refractivity contribution in [2.45, 2.75) is 19.3 Å². The summed E-state index contributed by atoms with van der Waals surface area (Å²) >= 11 is 0. The lowest BCUT2D eigenvalue weighted by atomic mass is 10.3. The zero-order valence-electron chi connectivity index (χ0n) is 8.20. The Balaban J connectivity index is 1.81. The van der Waals surface area contributed by atoms with Gasteiger partial charge in [0.1, 0.15) is 0 Å². The first-order chi connectivity index (χ1) is 6.88. The molecule has 0 saturated carbocycles. The first-order valence-electron chi connectivity index (χ1n) is 5.10. The molecule has 1 aromatic rings. The van der Waals surface area contributed by atoms with Crippen molar-refractivity contribution >= 4 is 6.29 Å². The monoisotopic (exact) mass is 193 g/mol. The number of aldehydes is 1. The van der Waals surface area contributed by atoms with Crippen molar-refractivity contribution in [3.05, 3.63) is 17.7 Å². The van der Waals surface area contributed by atoms with Gasteiger partial charge in [-0.1, -0.05) is 0 Å². The molecule has 4 nitrogen and oxygen atoms in total. The standard InChI is InChI=1S/C10H15N3O/c14-8-10-11-7-9(12-10)3-6-13-4-1-2-5-13/h7-8H,1-6H2,(H,11,12). The van der Waals surface area contributed by atoms with Gasteiger partial charge < -0.3 is 9.88 Å². The smallest absolute Gasteiger partial charge is 0.185 e. The van der Waals surface area contributed by atoms with Crippen LogP contribution in [0.1, 0.15) is 29.2 Å². The molecule has 14 heavy (non-hydrogen) atoms. The van der Waals surface area contributed by atoms with E-state index in [0.29, 0.717) is 5.82 Å². The third-order valence-electron chi connectivity index (χ3n) is 2.65. The summed E-state index contributed by atoms with van der Waals surface area (Å²) in [6, 6.07) is 0. The number of carbonyl (C=O) groups excluding carboxylic acids is 1. The molecule has 1 fully saturated rings. The summed E-state index contributed by atoms with van der Waals surface area (Å²) in [7, 11) is 0. The van der Waals surface area contributed by atoms with E-state index in [-0.39, 0.29) is 0 Å². The van der Waals surface area contributed by atoms with Gasteiger partial charge in [-0.15, -0.1) is 0 Å². The minimum Gasteiger partial charge on any atom is -0.342 e. The second kappa shape index (κ2) is 4.37. The Kier molecular flexibility index (Phi) is 2.93. The Morgan fingerprint density at radius 1 is 1.50 bits per heavy atom. The van der Waals surface area contributed by atoms with Crippen LogP contribution in [-0.4, -0.2) is 40.8 Å². The molecule has 2 rings (SSSR count). The molecule has 2 heterocycles. The fourth-order valence-corrected chi connectivity index (χ4v) is 1.84. The van der Waals surface area contributed by atoms with Gasteiger partial charge in [-0.25, -0.2) is 4.98 Å². The lowest BCUT2D eigenvalue weighted by Gasteiger charge is -2.12. The zero-order chi connectivity index (χ0) is 9.80. The molecule has 1 saturated heterocycles. The van der Waals surface area contributed by atoms with E-state index < -0.39 is 0 Å². The highest BCUT2D eigenvalue weighted by atomic mass is 16.1. The van der Waals surface area contributed by atoms with Gasteiger partial charge in [-0.2, -0.15) is 0 Å². The Morgan fingerprint density at radius 3 is 2.93 bits per heavy atom. The molecule has 0 bridgehead atoms. The summed E-state index contributed by atoms with van der Waals surface area (Å²) in [5, 5.41) is 0. The van der Waals surface area contributed by atoms with Crippen LogP contribution in [0.4, 0.5) is 0 Å². The Hall–Kier alpha value is -1.16. The van der Waals surface area contributed by atoms with Crippen molar-refractivity contribution in [3.63, 3.8) is 0 Å². The van der Waals surface area contributed by atoms with Crippen LogP contribution in [0.25, 0.3) is 0 Å². The number of carbonyl (C=O) groups is 1. The van der Waals surface area contributed by atoms with Crippen molar-refractivity contribution in [3.8, 4) is 0 Å². The summed E-state index contributed by atoms with van der Waals surface area (Å²) in [4.78, 5) is 19.8. The average Bonchev–Trinajstić information content (AvgIpc) is 2.86. The predicted molar refractivity (Wildman–Crippen MR) is 53.4 cm³/mol. The normalized spacial score (nSPS) is 17.4. The molecular formula is C10H15N3O. The quantitative estimate of drug-likeness (QED) is 0.721. The molecule has 1 N–H and O–H groups in total. The second-order valence-electron chi connectivity index (χ2n) is 3.69. The first kappa shape index (κ1) is 9.40. The number of likely N-dealkylation sites (tertiary alicyclic amines) is 1. The lowest BCUT2D eigenvalue weighted by Crippen LogP contribution is -2.22. The Bertz CT molecular complexity index is 302. The number of rotatable bonds is 4. The molecule has 0 unspecified atom stereocenters. The van der Waals surface area contributed by atoms with Crippen LogP contribution in [0.5, 0.6) is 0 Å². The second-order valence-corrected chi connectivity index (χ2v) is 3.69. The van der Waals surface area contributed by atoms with Crippen LogP contribution >= 0.6 is 0 Å². The van der Waals surface area contributed by atoms with Crippen LogP contribution < -0.4 is 0 Å². The summed E-state index contributed by atoms with van der Waals surface area (Å²) in [5.74, 6) is 0.432. The zero-order valence-corrected chi connectivity index (χ0v) is 8.20. The van der Waals surface area contributed by atoms with Gasteiger partial charge in [0.25, 0.3) is 0 Å². The average molecular weight is 193 g/mol. The van der Waals surface area contributed by atoms with Crippen LogP contribution in [0.3, 0.4) is 0 Å². The summed E-state index contributed by atoms with van der Waals surface area (Å²) in [5.41, 5.74) is 0.985. The minimum absolute atomic E-state index is 0.432. The summed E-state index contributed by atoms with van der Waals surface area (Å²) < 4.78 is 0. The first-order valence-corrected chi connectivity index (χ1v) is 5.10. The predicted octanol–water partition coefficient (Wildman–Crippen LogP) is 0.861. The molecule has 0 atom stereocenters. The van der Waals surface area contributed by atoms with Crippen molar-refractivity contribution in [2.24, 2.45) is 0 Å². The van der Waals surface area contributed by atoms with Crippen molar-refractivity contribution < 1.29 is 4.79 Å². The number of nitrogens with zero attached hydrogens (tertiary/aromatic N) is 2. The van der Waals surface area contributed by atoms with E-state index in [1.807, 2.05) is 6.20 Å². The molecule has 1 aliphatic rings. The highest BCUT2D eigenvalue weighted by molar-refractivity contribution is 5.68. The Morgan fingerprint density at radius 2 is 2.29 bits per heavy atom. The number of aromatic amines is 1. The van der Waals surface area contributed by atoms with Crippen LogP contribution in [0.2, 0.25) is 0 Å². The van der Waals surface area contributed by atoms with Gasteiger partial charge in [0.15, 0.2) is 12.1 Å². The number of aromatic nitrogens is 2. The van der Waals surface area contributed by atoms with Crippen molar-refractivity contribution in [1.29, 1.82) is 0 Å². The largest absolute Gasteiger partial charge is 0.342 e.